The molecule has 1 atom stereocenters. The summed E-state index contributed by atoms with van der Waals surface area (Å²) < 4.78 is 0. The molecule has 0 N–H and O–H groups in total. The summed E-state index contributed by atoms with van der Waals surface area (Å²) in [5.41, 5.74) is 17.3. The molecule has 0 saturated heterocycles. The molecule has 5 aliphatic rings. The number of hydrogen-bond acceptors (Lipinski definition) is 2. The van der Waals surface area contributed by atoms with E-state index < -0.39 is 0 Å². The predicted octanol–water partition coefficient (Wildman–Crippen LogP) is 12.8. The van der Waals surface area contributed by atoms with Crippen LogP contribution in [0.3, 0.4) is 0 Å². The maximum Gasteiger partial charge on any atom is 0.0629 e. The Morgan fingerprint density at radius 1 is 0.560 bits per heavy atom. The molecule has 0 amide bonds. The van der Waals surface area contributed by atoms with Crippen LogP contribution in [0.4, 0.5) is 22.7 Å². The molecular formula is C48H42N2. The van der Waals surface area contributed by atoms with Crippen molar-refractivity contribution in [2.75, 3.05) is 9.80 Å². The van der Waals surface area contributed by atoms with Crippen LogP contribution in [0.15, 0.2) is 181 Å². The van der Waals surface area contributed by atoms with Gasteiger partial charge in [-0.2, -0.15) is 0 Å². The Morgan fingerprint density at radius 2 is 1.30 bits per heavy atom. The van der Waals surface area contributed by atoms with Gasteiger partial charge >= 0.3 is 0 Å². The molecule has 0 fully saturated rings. The van der Waals surface area contributed by atoms with Gasteiger partial charge in [0.15, 0.2) is 0 Å². The first-order valence-electron chi connectivity index (χ1n) is 18.3. The fourth-order valence-electron chi connectivity index (χ4n) is 8.33. The monoisotopic (exact) mass is 646 g/mol. The van der Waals surface area contributed by atoms with Gasteiger partial charge in [0.1, 0.15) is 0 Å². The molecule has 0 bridgehead atoms. The molecule has 244 valence electrons. The summed E-state index contributed by atoms with van der Waals surface area (Å²) in [6.07, 6.45) is 30.9. The number of nitrogens with zero attached hydrogens (tertiary/aromatic N) is 2. The Kier molecular flexibility index (Phi) is 8.14. The summed E-state index contributed by atoms with van der Waals surface area (Å²) in [5.74, 6) is 0. The maximum absolute atomic E-state index is 2.65. The van der Waals surface area contributed by atoms with E-state index >= 15 is 0 Å². The third-order valence-corrected chi connectivity index (χ3v) is 10.8. The van der Waals surface area contributed by atoms with Crippen LogP contribution in [0.5, 0.6) is 0 Å². The van der Waals surface area contributed by atoms with Gasteiger partial charge in [-0.05, 0) is 126 Å². The van der Waals surface area contributed by atoms with Crippen molar-refractivity contribution in [2.24, 2.45) is 0 Å². The van der Waals surface area contributed by atoms with Crippen LogP contribution in [0.1, 0.15) is 61.6 Å². The van der Waals surface area contributed by atoms with Crippen LogP contribution >= 0.6 is 0 Å². The van der Waals surface area contributed by atoms with Crippen molar-refractivity contribution in [3.63, 3.8) is 0 Å². The first kappa shape index (κ1) is 30.5. The number of fused-ring (bicyclic) bond motifs is 3. The number of rotatable bonds is 7. The molecule has 0 aromatic heterocycles. The summed E-state index contributed by atoms with van der Waals surface area (Å²) in [4.78, 5) is 5.06. The molecule has 4 aliphatic carbocycles. The van der Waals surface area contributed by atoms with E-state index in [1.807, 2.05) is 0 Å². The van der Waals surface area contributed by atoms with Gasteiger partial charge < -0.3 is 9.80 Å². The molecular weight excluding hydrogens is 605 g/mol. The fraction of sp³-hybridized carbons (Fsp3) is 0.167. The molecule has 4 aromatic carbocycles. The van der Waals surface area contributed by atoms with Gasteiger partial charge in [-0.1, -0.05) is 121 Å². The Morgan fingerprint density at radius 3 is 2.08 bits per heavy atom. The van der Waals surface area contributed by atoms with E-state index in [4.69, 9.17) is 0 Å². The first-order chi connectivity index (χ1) is 24.8. The summed E-state index contributed by atoms with van der Waals surface area (Å²) in [6.45, 7) is 0. The number of benzene rings is 4. The zero-order valence-electron chi connectivity index (χ0n) is 28.5. The number of anilines is 4. The molecule has 2 heteroatoms. The Bertz CT molecular complexity index is 2170. The fourth-order valence-corrected chi connectivity index (χ4v) is 8.33. The zero-order chi connectivity index (χ0) is 33.3. The van der Waals surface area contributed by atoms with Crippen LogP contribution in [0.2, 0.25) is 0 Å². The Labute approximate surface area is 296 Å². The number of allylic oxidation sites excluding steroid dienone is 14. The molecule has 1 aliphatic heterocycles. The SMILES string of the molecule is C1=CCCC(C2=CC=C(N3c4cc(N(c5ccccc5)c5ccc(C6=CCCC(c7ccccc7)=C6)cc5)ccc4C4=CC=CCC43)CC2)=C1. The summed E-state index contributed by atoms with van der Waals surface area (Å²) in [6, 6.07) is 38.2. The summed E-state index contributed by atoms with van der Waals surface area (Å²) in [7, 11) is 0. The van der Waals surface area contributed by atoms with Gasteiger partial charge in [-0.15, -0.1) is 0 Å². The molecule has 2 nitrogen and oxygen atoms in total. The van der Waals surface area contributed by atoms with Crippen LogP contribution < -0.4 is 9.80 Å². The first-order valence-corrected chi connectivity index (χ1v) is 18.3. The third kappa shape index (κ3) is 5.75. The lowest BCUT2D eigenvalue weighted by atomic mass is 9.90. The number of para-hydroxylation sites is 1. The lowest BCUT2D eigenvalue weighted by molar-refractivity contribution is 0.743. The minimum absolute atomic E-state index is 0.338. The van der Waals surface area contributed by atoms with Crippen LogP contribution in [-0.2, 0) is 0 Å². The molecule has 0 radical (unpaired) electrons. The second-order valence-corrected chi connectivity index (χ2v) is 13.8. The van der Waals surface area contributed by atoms with Crippen molar-refractivity contribution in [1.82, 2.24) is 0 Å². The second-order valence-electron chi connectivity index (χ2n) is 13.8. The predicted molar refractivity (Wildman–Crippen MR) is 213 cm³/mol. The molecule has 1 unspecified atom stereocenters. The minimum atomic E-state index is 0.338. The van der Waals surface area contributed by atoms with E-state index in [9.17, 15) is 0 Å². The van der Waals surface area contributed by atoms with E-state index in [0.717, 1.165) is 56.3 Å². The average Bonchev–Trinajstić information content (AvgIpc) is 3.53. The topological polar surface area (TPSA) is 6.48 Å². The van der Waals surface area contributed by atoms with E-state index in [-0.39, 0.29) is 0 Å². The zero-order valence-corrected chi connectivity index (χ0v) is 28.5. The standard InChI is InChI=1S/C48H42N2/c1-4-13-35(14-5-1)37-23-29-43(30-24-37)50-47-22-11-10-21-45(47)46-32-31-44(34-48(46)50)49(41-19-8-3-9-20-41)42-27-25-38(26-28-42)40-18-12-17-39(33-40)36-15-6-2-7-16-36/h1-4,6-11,13,15-16,18-21,23,25-29,31-34,47H,5,12,14,17,22,24,30H2. The maximum atomic E-state index is 2.65. The van der Waals surface area contributed by atoms with E-state index in [1.54, 1.807) is 0 Å². The van der Waals surface area contributed by atoms with Crippen molar-refractivity contribution in [1.29, 1.82) is 0 Å². The Balaban J connectivity index is 1.08. The largest absolute Gasteiger partial charge is 0.337 e. The normalized spacial score (nSPS) is 19.4. The number of hydrogen-bond donors (Lipinski definition) is 0. The highest BCUT2D eigenvalue weighted by Gasteiger charge is 2.36. The summed E-state index contributed by atoms with van der Waals surface area (Å²) >= 11 is 0. The van der Waals surface area contributed by atoms with Crippen molar-refractivity contribution in [3.05, 3.63) is 197 Å². The van der Waals surface area contributed by atoms with E-state index in [1.165, 1.54) is 61.6 Å². The Hall–Kier alpha value is -5.60. The van der Waals surface area contributed by atoms with Crippen molar-refractivity contribution < 1.29 is 0 Å². The minimum Gasteiger partial charge on any atom is -0.337 e. The second kappa shape index (κ2) is 13.4. The van der Waals surface area contributed by atoms with Crippen molar-refractivity contribution in [3.8, 4) is 0 Å². The highest BCUT2D eigenvalue weighted by Crippen LogP contribution is 2.49. The van der Waals surface area contributed by atoms with Gasteiger partial charge in [0, 0.05) is 28.3 Å². The lowest BCUT2D eigenvalue weighted by Gasteiger charge is -2.33. The van der Waals surface area contributed by atoms with Crippen LogP contribution in [-0.4, -0.2) is 6.04 Å². The van der Waals surface area contributed by atoms with Gasteiger partial charge in [-0.3, -0.25) is 0 Å². The van der Waals surface area contributed by atoms with E-state index in [0.29, 0.717) is 6.04 Å². The third-order valence-electron chi connectivity index (χ3n) is 10.8. The van der Waals surface area contributed by atoms with Crippen LogP contribution in [0.25, 0.3) is 16.7 Å². The van der Waals surface area contributed by atoms with Gasteiger partial charge in [0.2, 0.25) is 0 Å². The molecule has 0 spiro atoms. The molecule has 4 aromatic rings. The summed E-state index contributed by atoms with van der Waals surface area (Å²) in [5, 5.41) is 0. The van der Waals surface area contributed by atoms with Crippen LogP contribution in [0, 0.1) is 0 Å². The smallest absolute Gasteiger partial charge is 0.0629 e. The highest BCUT2D eigenvalue weighted by molar-refractivity contribution is 5.94. The van der Waals surface area contributed by atoms with Crippen molar-refractivity contribution in [2.45, 2.75) is 51.0 Å². The van der Waals surface area contributed by atoms with Gasteiger partial charge in [-0.25, -0.2) is 0 Å². The van der Waals surface area contributed by atoms with Gasteiger partial charge in [0.05, 0.1) is 11.7 Å². The lowest BCUT2D eigenvalue weighted by Crippen LogP contribution is -2.31. The van der Waals surface area contributed by atoms with Gasteiger partial charge in [0.25, 0.3) is 0 Å². The molecule has 0 saturated carbocycles. The van der Waals surface area contributed by atoms with Crippen molar-refractivity contribution >= 4 is 39.5 Å². The quantitative estimate of drug-likeness (QED) is 0.197. The molecule has 50 heavy (non-hydrogen) atoms. The average molecular weight is 647 g/mol. The molecule has 1 heterocycles. The molecule has 9 rings (SSSR count). The highest BCUT2D eigenvalue weighted by atomic mass is 15.2. The van der Waals surface area contributed by atoms with E-state index in [2.05, 4.69) is 174 Å².